The Labute approximate surface area is 199 Å². The van der Waals surface area contributed by atoms with Gasteiger partial charge in [0.25, 0.3) is 0 Å². The number of fused-ring (bicyclic) bond motifs is 1. The van der Waals surface area contributed by atoms with Crippen molar-refractivity contribution in [1.82, 2.24) is 0 Å². The van der Waals surface area contributed by atoms with Gasteiger partial charge in [-0.25, -0.2) is 0 Å². The molecule has 2 aliphatic rings. The molecule has 12 nitrogen and oxygen atoms in total. The van der Waals surface area contributed by atoms with Gasteiger partial charge in [-0.3, -0.25) is 4.79 Å². The highest BCUT2D eigenvalue weighted by Gasteiger charge is 2.49. The number of Topliss-reactive ketones (excluding diaryl/α,β-unsaturated/α-hetero) is 1. The molecule has 0 aromatic heterocycles. The van der Waals surface area contributed by atoms with Gasteiger partial charge in [0.1, 0.15) is 47.2 Å². The summed E-state index contributed by atoms with van der Waals surface area (Å²) in [6.45, 7) is -0.693. The smallest absolute Gasteiger partial charge is 0.203 e. The maximum Gasteiger partial charge on any atom is 0.203 e. The molecule has 0 saturated carbocycles. The molecule has 1 saturated heterocycles. The highest BCUT2D eigenvalue weighted by molar-refractivity contribution is 6.05. The monoisotopic (exact) mass is 494 g/mol. The molecule has 0 amide bonds. The molecule has 2 aromatic rings. The van der Waals surface area contributed by atoms with Gasteiger partial charge in [0.15, 0.2) is 30.0 Å². The molecule has 0 bridgehead atoms. The number of phenols is 2. The molecule has 12 heteroatoms. The van der Waals surface area contributed by atoms with E-state index in [0.29, 0.717) is 5.56 Å². The maximum absolute atomic E-state index is 13.5. The standard InChI is InChI=1S/C23H26O12/c1-31-10-6-12(26)16-14(7-10)33-21(9-3-4-11(25)13(5-9)32-2)22(18(16)28)35-23-20(30)19(29)17(27)15(8-24)34-23/h3-7,15,17,19-27,29-30H,8H2,1-2H3. The number of ketones is 1. The van der Waals surface area contributed by atoms with E-state index >= 15 is 0 Å². The second-order valence-electron chi connectivity index (χ2n) is 8.11. The summed E-state index contributed by atoms with van der Waals surface area (Å²) in [4.78, 5) is 13.5. The first-order chi connectivity index (χ1) is 16.7. The number of rotatable bonds is 6. The molecular formula is C23H26O12. The number of hydrogen-bond acceptors (Lipinski definition) is 12. The Bertz CT molecular complexity index is 1090. The SMILES string of the molecule is COc1cc(O)c2c(c1)OC(c1ccc(O)c(OC)c1)C(OC1OC(CO)C(O)C(O)C1O)C2=O. The summed E-state index contributed by atoms with van der Waals surface area (Å²) in [7, 11) is 2.71. The van der Waals surface area contributed by atoms with Crippen LogP contribution in [0.1, 0.15) is 22.0 Å². The highest BCUT2D eigenvalue weighted by Crippen LogP contribution is 2.44. The van der Waals surface area contributed by atoms with Crippen LogP contribution < -0.4 is 14.2 Å². The summed E-state index contributed by atoms with van der Waals surface area (Å²) < 4.78 is 27.5. The van der Waals surface area contributed by atoms with Crippen LogP contribution in [0.4, 0.5) is 0 Å². The van der Waals surface area contributed by atoms with Gasteiger partial charge < -0.3 is 54.3 Å². The van der Waals surface area contributed by atoms with Crippen LogP contribution in [0.25, 0.3) is 0 Å². The van der Waals surface area contributed by atoms with Gasteiger partial charge in [0.05, 0.1) is 20.8 Å². The molecule has 2 heterocycles. The number of carbonyl (C=O) groups excluding carboxylic acids is 1. The maximum atomic E-state index is 13.5. The summed E-state index contributed by atoms with van der Waals surface area (Å²) in [5.41, 5.74) is 0.123. The molecule has 190 valence electrons. The number of methoxy groups -OCH3 is 2. The summed E-state index contributed by atoms with van der Waals surface area (Å²) in [6, 6.07) is 6.83. The Morgan fingerprint density at radius 1 is 0.943 bits per heavy atom. The predicted octanol–water partition coefficient (Wildman–Crippen LogP) is -0.384. The number of aromatic hydroxyl groups is 2. The largest absolute Gasteiger partial charge is 0.507 e. The van der Waals surface area contributed by atoms with E-state index in [1.165, 1.54) is 44.6 Å². The van der Waals surface area contributed by atoms with Crippen LogP contribution in [-0.2, 0) is 9.47 Å². The minimum Gasteiger partial charge on any atom is -0.507 e. The van der Waals surface area contributed by atoms with Gasteiger partial charge in [-0.15, -0.1) is 0 Å². The van der Waals surface area contributed by atoms with Gasteiger partial charge in [0, 0.05) is 12.1 Å². The number of benzene rings is 2. The Morgan fingerprint density at radius 3 is 2.34 bits per heavy atom. The molecule has 0 radical (unpaired) electrons. The molecule has 1 fully saturated rings. The quantitative estimate of drug-likeness (QED) is 0.306. The summed E-state index contributed by atoms with van der Waals surface area (Å²) in [5.74, 6) is -1.02. The summed E-state index contributed by atoms with van der Waals surface area (Å²) >= 11 is 0. The molecule has 2 aromatic carbocycles. The molecule has 7 unspecified atom stereocenters. The second kappa shape index (κ2) is 9.85. The lowest BCUT2D eigenvalue weighted by molar-refractivity contribution is -0.311. The van der Waals surface area contributed by atoms with Crippen LogP contribution in [-0.4, -0.2) is 94.1 Å². The fourth-order valence-electron chi connectivity index (χ4n) is 4.08. The van der Waals surface area contributed by atoms with Crippen molar-refractivity contribution in [3.63, 3.8) is 0 Å². The second-order valence-corrected chi connectivity index (χ2v) is 8.11. The van der Waals surface area contributed by atoms with E-state index in [1.54, 1.807) is 0 Å². The molecule has 0 aliphatic carbocycles. The van der Waals surface area contributed by atoms with Gasteiger partial charge in [-0.1, -0.05) is 6.07 Å². The van der Waals surface area contributed by atoms with Crippen molar-refractivity contribution < 1.29 is 59.1 Å². The van der Waals surface area contributed by atoms with E-state index in [-0.39, 0.29) is 28.6 Å². The molecular weight excluding hydrogens is 468 g/mol. The number of aliphatic hydroxyl groups is 4. The molecule has 35 heavy (non-hydrogen) atoms. The van der Waals surface area contributed by atoms with Gasteiger partial charge in [-0.05, 0) is 17.7 Å². The van der Waals surface area contributed by atoms with Crippen molar-refractivity contribution in [2.75, 3.05) is 20.8 Å². The van der Waals surface area contributed by atoms with Crippen LogP contribution >= 0.6 is 0 Å². The van der Waals surface area contributed by atoms with E-state index in [0.717, 1.165) is 0 Å². The van der Waals surface area contributed by atoms with E-state index in [2.05, 4.69) is 0 Å². The highest BCUT2D eigenvalue weighted by atomic mass is 16.7. The third kappa shape index (κ3) is 4.47. The number of phenolic OH excluding ortho intramolecular Hbond substituents is 2. The van der Waals surface area contributed by atoms with Crippen molar-refractivity contribution in [2.24, 2.45) is 0 Å². The van der Waals surface area contributed by atoms with Gasteiger partial charge in [0.2, 0.25) is 5.78 Å². The lowest BCUT2D eigenvalue weighted by Gasteiger charge is -2.42. The van der Waals surface area contributed by atoms with Crippen LogP contribution in [0.3, 0.4) is 0 Å². The van der Waals surface area contributed by atoms with E-state index < -0.39 is 61.1 Å². The molecule has 4 rings (SSSR count). The van der Waals surface area contributed by atoms with Gasteiger partial charge >= 0.3 is 0 Å². The first-order valence-electron chi connectivity index (χ1n) is 10.6. The number of aliphatic hydroxyl groups excluding tert-OH is 4. The zero-order chi connectivity index (χ0) is 25.4. The van der Waals surface area contributed by atoms with Crippen molar-refractivity contribution >= 4 is 5.78 Å². The molecule has 6 N–H and O–H groups in total. The average molecular weight is 494 g/mol. The summed E-state index contributed by atoms with van der Waals surface area (Å²) in [5, 5.41) is 60.5. The van der Waals surface area contributed by atoms with E-state index in [9.17, 15) is 35.4 Å². The first kappa shape index (κ1) is 25.0. The lowest BCUT2D eigenvalue weighted by atomic mass is 9.92. The van der Waals surface area contributed by atoms with Crippen LogP contribution in [0, 0.1) is 0 Å². The topological polar surface area (TPSA) is 185 Å². The fraction of sp³-hybridized carbons (Fsp3) is 0.435. The van der Waals surface area contributed by atoms with E-state index in [4.69, 9.17) is 23.7 Å². The average Bonchev–Trinajstić information content (AvgIpc) is 2.85. The van der Waals surface area contributed by atoms with Gasteiger partial charge in [-0.2, -0.15) is 0 Å². The summed E-state index contributed by atoms with van der Waals surface area (Å²) in [6.07, 6.45) is -10.8. The number of ether oxygens (including phenoxy) is 5. The van der Waals surface area contributed by atoms with Crippen molar-refractivity contribution in [3.05, 3.63) is 41.5 Å². The zero-order valence-corrected chi connectivity index (χ0v) is 18.8. The molecule has 2 aliphatic heterocycles. The fourth-order valence-corrected chi connectivity index (χ4v) is 4.08. The van der Waals surface area contributed by atoms with Crippen molar-refractivity contribution in [3.8, 4) is 28.7 Å². The van der Waals surface area contributed by atoms with Crippen LogP contribution in [0.15, 0.2) is 30.3 Å². The predicted molar refractivity (Wildman–Crippen MR) is 116 cm³/mol. The van der Waals surface area contributed by atoms with Crippen molar-refractivity contribution in [2.45, 2.75) is 42.9 Å². The number of carbonyl (C=O) groups is 1. The molecule has 0 spiro atoms. The van der Waals surface area contributed by atoms with Crippen LogP contribution in [0.5, 0.6) is 28.7 Å². The third-order valence-electron chi connectivity index (χ3n) is 5.99. The normalized spacial score (nSPS) is 30.3. The zero-order valence-electron chi connectivity index (χ0n) is 18.8. The Kier molecular flexibility index (Phi) is 7.03. The van der Waals surface area contributed by atoms with Crippen LogP contribution in [0.2, 0.25) is 0 Å². The molecule has 7 atom stereocenters. The van der Waals surface area contributed by atoms with E-state index in [1.807, 2.05) is 0 Å². The Balaban J connectivity index is 1.77. The third-order valence-corrected chi connectivity index (χ3v) is 5.99. The first-order valence-corrected chi connectivity index (χ1v) is 10.6. The number of hydrogen-bond donors (Lipinski definition) is 6. The Hall–Kier alpha value is -3.13. The lowest BCUT2D eigenvalue weighted by Crippen LogP contribution is -2.60. The minimum atomic E-state index is -1.78. The van der Waals surface area contributed by atoms with Crippen molar-refractivity contribution in [1.29, 1.82) is 0 Å². The minimum absolute atomic E-state index is 0.00227. The Morgan fingerprint density at radius 2 is 1.69 bits per heavy atom.